The highest BCUT2D eigenvalue weighted by Gasteiger charge is 2.45. The fourth-order valence-electron chi connectivity index (χ4n) is 4.49. The number of ketones is 1. The minimum absolute atomic E-state index is 0.00473. The molecule has 1 atom stereocenters. The fourth-order valence-corrected chi connectivity index (χ4v) is 4.49. The maximum absolute atomic E-state index is 13.6. The Hall–Kier alpha value is -3.97. The van der Waals surface area contributed by atoms with Crippen LogP contribution in [-0.2, 0) is 16.2 Å². The third-order valence-corrected chi connectivity index (χ3v) is 6.35. The molecule has 0 saturated carbocycles. The Bertz CT molecular complexity index is 1300. The van der Waals surface area contributed by atoms with Crippen LogP contribution >= 0.6 is 0 Å². The molecule has 6 nitrogen and oxygen atoms in total. The van der Waals surface area contributed by atoms with Gasteiger partial charge in [-0.3, -0.25) is 9.59 Å². The Balaban J connectivity index is 1.62. The van der Waals surface area contributed by atoms with Gasteiger partial charge in [-0.25, -0.2) is 4.39 Å². The third kappa shape index (κ3) is 6.06. The molecular weight excluding hydrogens is 471 g/mol. The number of hydrogen-bond donors (Lipinski definition) is 1. The summed E-state index contributed by atoms with van der Waals surface area (Å²) in [6, 6.07) is 19.6. The van der Waals surface area contributed by atoms with Gasteiger partial charge in [0.2, 0.25) is 0 Å². The van der Waals surface area contributed by atoms with Crippen LogP contribution in [0.15, 0.2) is 78.4 Å². The largest absolute Gasteiger partial charge is 0.507 e. The van der Waals surface area contributed by atoms with E-state index in [1.807, 2.05) is 50.2 Å². The third-order valence-electron chi connectivity index (χ3n) is 6.35. The van der Waals surface area contributed by atoms with Crippen LogP contribution in [0.1, 0.15) is 34.7 Å². The van der Waals surface area contributed by atoms with E-state index in [-0.39, 0.29) is 11.3 Å². The van der Waals surface area contributed by atoms with Crippen LogP contribution in [0.25, 0.3) is 5.76 Å². The highest BCUT2D eigenvalue weighted by atomic mass is 19.1. The SMILES string of the molecule is Cc1cccc(COc2ccc(/C(O)=C3\C(=O)C(=O)N(CCCN(C)C)[C@H]3c3ccc(F)cc3)cc2)c1. The number of benzene rings is 3. The molecule has 1 aliphatic heterocycles. The molecule has 3 aromatic carbocycles. The molecule has 37 heavy (non-hydrogen) atoms. The molecule has 1 saturated heterocycles. The molecule has 0 aliphatic carbocycles. The summed E-state index contributed by atoms with van der Waals surface area (Å²) in [5, 5.41) is 11.2. The Morgan fingerprint density at radius 1 is 1.03 bits per heavy atom. The monoisotopic (exact) mass is 502 g/mol. The van der Waals surface area contributed by atoms with Crippen molar-refractivity contribution >= 4 is 17.4 Å². The predicted molar refractivity (Wildman–Crippen MR) is 141 cm³/mol. The molecule has 0 unspecified atom stereocenters. The van der Waals surface area contributed by atoms with Crippen LogP contribution < -0.4 is 4.74 Å². The lowest BCUT2D eigenvalue weighted by Gasteiger charge is -2.26. The summed E-state index contributed by atoms with van der Waals surface area (Å²) in [5.74, 6) is -1.51. The molecule has 1 heterocycles. The molecule has 7 heteroatoms. The van der Waals surface area contributed by atoms with Crippen molar-refractivity contribution < 1.29 is 23.8 Å². The van der Waals surface area contributed by atoms with Gasteiger partial charge < -0.3 is 19.6 Å². The first-order valence-corrected chi connectivity index (χ1v) is 12.2. The van der Waals surface area contributed by atoms with Crippen LogP contribution in [0.2, 0.25) is 0 Å². The molecule has 192 valence electrons. The minimum Gasteiger partial charge on any atom is -0.507 e. The zero-order valence-electron chi connectivity index (χ0n) is 21.3. The number of carbonyl (C=O) groups is 2. The number of ether oxygens (including phenoxy) is 1. The number of nitrogens with zero attached hydrogens (tertiary/aromatic N) is 2. The van der Waals surface area contributed by atoms with Crippen molar-refractivity contribution in [1.82, 2.24) is 9.80 Å². The number of likely N-dealkylation sites (tertiary alicyclic amines) is 1. The van der Waals surface area contributed by atoms with Gasteiger partial charge in [-0.1, -0.05) is 42.0 Å². The number of aliphatic hydroxyl groups excluding tert-OH is 1. The molecule has 0 radical (unpaired) electrons. The van der Waals surface area contributed by atoms with E-state index in [4.69, 9.17) is 4.74 Å². The van der Waals surface area contributed by atoms with Crippen molar-refractivity contribution in [3.8, 4) is 5.75 Å². The van der Waals surface area contributed by atoms with Crippen LogP contribution in [0, 0.1) is 12.7 Å². The van der Waals surface area contributed by atoms with E-state index in [0.29, 0.717) is 36.4 Å². The maximum atomic E-state index is 13.6. The van der Waals surface area contributed by atoms with E-state index in [9.17, 15) is 19.1 Å². The highest BCUT2D eigenvalue weighted by Crippen LogP contribution is 2.39. The van der Waals surface area contributed by atoms with E-state index in [0.717, 1.165) is 17.7 Å². The molecule has 4 rings (SSSR count). The van der Waals surface area contributed by atoms with E-state index in [1.54, 1.807) is 36.4 Å². The quantitative estimate of drug-likeness (QED) is 0.251. The second-order valence-corrected chi connectivity index (χ2v) is 9.50. The molecule has 3 aromatic rings. The van der Waals surface area contributed by atoms with Crippen LogP contribution in [0.3, 0.4) is 0 Å². The van der Waals surface area contributed by atoms with Gasteiger partial charge in [0.1, 0.15) is 23.9 Å². The lowest BCUT2D eigenvalue weighted by Crippen LogP contribution is -2.32. The minimum atomic E-state index is -0.806. The molecule has 1 fully saturated rings. The van der Waals surface area contributed by atoms with E-state index in [2.05, 4.69) is 0 Å². The Morgan fingerprint density at radius 2 is 1.73 bits per heavy atom. The Morgan fingerprint density at radius 3 is 2.38 bits per heavy atom. The highest BCUT2D eigenvalue weighted by molar-refractivity contribution is 6.46. The first-order chi connectivity index (χ1) is 17.7. The maximum Gasteiger partial charge on any atom is 0.295 e. The number of carbonyl (C=O) groups excluding carboxylic acids is 2. The van der Waals surface area contributed by atoms with E-state index in [1.165, 1.54) is 17.0 Å². The van der Waals surface area contributed by atoms with Gasteiger partial charge in [0.05, 0.1) is 11.6 Å². The number of halogens is 1. The predicted octanol–water partition coefficient (Wildman–Crippen LogP) is 5.09. The topological polar surface area (TPSA) is 70.1 Å². The second kappa shape index (κ2) is 11.4. The van der Waals surface area contributed by atoms with Crippen molar-refractivity contribution in [3.63, 3.8) is 0 Å². The molecule has 0 aromatic heterocycles. The molecule has 1 aliphatic rings. The summed E-state index contributed by atoms with van der Waals surface area (Å²) in [6.45, 7) is 3.47. The number of aryl methyl sites for hydroxylation is 1. The lowest BCUT2D eigenvalue weighted by molar-refractivity contribution is -0.139. The van der Waals surface area contributed by atoms with Gasteiger partial charge in [-0.2, -0.15) is 0 Å². The average molecular weight is 503 g/mol. The molecular formula is C30H31FN2O4. The summed E-state index contributed by atoms with van der Waals surface area (Å²) in [4.78, 5) is 29.6. The fraction of sp³-hybridized carbons (Fsp3) is 0.267. The smallest absolute Gasteiger partial charge is 0.295 e. The van der Waals surface area contributed by atoms with Crippen LogP contribution in [0.4, 0.5) is 4.39 Å². The Kier molecular flexibility index (Phi) is 8.04. The number of hydrogen-bond acceptors (Lipinski definition) is 5. The number of aliphatic hydroxyl groups is 1. The van der Waals surface area contributed by atoms with Gasteiger partial charge in [-0.05, 0) is 81.5 Å². The van der Waals surface area contributed by atoms with Crippen LogP contribution in [-0.4, -0.2) is 53.8 Å². The van der Waals surface area contributed by atoms with Gasteiger partial charge in [0.15, 0.2) is 0 Å². The van der Waals surface area contributed by atoms with Crippen molar-refractivity contribution in [1.29, 1.82) is 0 Å². The molecule has 0 spiro atoms. The zero-order chi connectivity index (χ0) is 26.5. The average Bonchev–Trinajstić information content (AvgIpc) is 3.13. The zero-order valence-corrected chi connectivity index (χ0v) is 21.3. The number of rotatable bonds is 9. The normalized spacial score (nSPS) is 17.0. The van der Waals surface area contributed by atoms with Gasteiger partial charge in [0.25, 0.3) is 11.7 Å². The summed E-state index contributed by atoms with van der Waals surface area (Å²) in [5.41, 5.74) is 3.14. The lowest BCUT2D eigenvalue weighted by atomic mass is 9.95. The molecule has 1 N–H and O–H groups in total. The van der Waals surface area contributed by atoms with E-state index >= 15 is 0 Å². The summed E-state index contributed by atoms with van der Waals surface area (Å²) in [6.07, 6.45) is 0.644. The van der Waals surface area contributed by atoms with E-state index < -0.39 is 23.5 Å². The number of Topliss-reactive ketones (excluding diaryl/α,β-unsaturated/α-hetero) is 1. The summed E-state index contributed by atoms with van der Waals surface area (Å²) >= 11 is 0. The van der Waals surface area contributed by atoms with Crippen molar-refractivity contribution in [2.75, 3.05) is 27.2 Å². The van der Waals surface area contributed by atoms with Gasteiger partial charge in [-0.15, -0.1) is 0 Å². The molecule has 0 bridgehead atoms. The van der Waals surface area contributed by atoms with Crippen LogP contribution in [0.5, 0.6) is 5.75 Å². The standard InChI is InChI=1S/C30H31FN2O4/c1-20-6-4-7-21(18-20)19-37-25-14-10-23(11-15-25)28(34)26-27(22-8-12-24(31)13-9-22)33(30(36)29(26)35)17-5-16-32(2)3/h4,6-15,18,27,34H,5,16-17,19H2,1-3H3/b28-26+/t27-/m0/s1. The first kappa shape index (κ1) is 26.1. The van der Waals surface area contributed by atoms with Crippen molar-refractivity contribution in [2.24, 2.45) is 0 Å². The number of amides is 1. The summed E-state index contributed by atoms with van der Waals surface area (Å²) in [7, 11) is 3.86. The first-order valence-electron chi connectivity index (χ1n) is 12.2. The van der Waals surface area contributed by atoms with Gasteiger partial charge >= 0.3 is 0 Å². The van der Waals surface area contributed by atoms with Crippen molar-refractivity contribution in [3.05, 3.63) is 106 Å². The van der Waals surface area contributed by atoms with Crippen molar-refractivity contribution in [2.45, 2.75) is 26.0 Å². The Labute approximate surface area is 216 Å². The van der Waals surface area contributed by atoms with Gasteiger partial charge in [0, 0.05) is 12.1 Å². The molecule has 1 amide bonds. The summed E-state index contributed by atoms with van der Waals surface area (Å²) < 4.78 is 19.5. The second-order valence-electron chi connectivity index (χ2n) is 9.50.